The minimum Gasteiger partial charge on any atom is -0.472 e. The van der Waals surface area contributed by atoms with Crippen LogP contribution >= 0.6 is 11.3 Å². The molecule has 3 aromatic rings. The van der Waals surface area contributed by atoms with E-state index in [0.29, 0.717) is 16.1 Å². The van der Waals surface area contributed by atoms with E-state index in [1.54, 1.807) is 13.8 Å². The predicted molar refractivity (Wildman–Crippen MR) is 108 cm³/mol. The largest absolute Gasteiger partial charge is 0.472 e. The Labute approximate surface area is 171 Å². The molecule has 0 unspecified atom stereocenters. The molecular weight excluding hydrogens is 394 g/mol. The van der Waals surface area contributed by atoms with Gasteiger partial charge in [-0.05, 0) is 31.0 Å². The Morgan fingerprint density at radius 2 is 1.83 bits per heavy atom. The number of anilines is 1. The van der Waals surface area contributed by atoms with Gasteiger partial charge in [0, 0.05) is 4.88 Å². The van der Waals surface area contributed by atoms with Gasteiger partial charge in [-0.3, -0.25) is 4.79 Å². The topological polar surface area (TPSA) is 94.8 Å². The van der Waals surface area contributed by atoms with Gasteiger partial charge < -0.3 is 19.2 Å². The molecule has 0 radical (unpaired) electrons. The summed E-state index contributed by atoms with van der Waals surface area (Å²) in [6.07, 6.45) is 2.57. The molecule has 0 bridgehead atoms. The highest BCUT2D eigenvalue weighted by Crippen LogP contribution is 2.40. The summed E-state index contributed by atoms with van der Waals surface area (Å²) in [6, 6.07) is 11.0. The first-order valence-corrected chi connectivity index (χ1v) is 9.68. The average molecular weight is 413 g/mol. The van der Waals surface area contributed by atoms with Gasteiger partial charge in [-0.2, -0.15) is 0 Å². The van der Waals surface area contributed by atoms with Crippen LogP contribution in [0.1, 0.15) is 33.2 Å². The highest BCUT2D eigenvalue weighted by Gasteiger charge is 2.24. The predicted octanol–water partition coefficient (Wildman–Crippen LogP) is 4.29. The summed E-state index contributed by atoms with van der Waals surface area (Å²) in [5, 5.41) is 3.01. The van der Waals surface area contributed by atoms with Gasteiger partial charge in [0.05, 0.1) is 24.0 Å². The summed E-state index contributed by atoms with van der Waals surface area (Å²) in [5.41, 5.74) is 2.14. The first-order chi connectivity index (χ1) is 14.0. The molecule has 0 saturated heterocycles. The van der Waals surface area contributed by atoms with E-state index in [4.69, 9.17) is 13.9 Å². The first-order valence-electron chi connectivity index (χ1n) is 8.86. The van der Waals surface area contributed by atoms with E-state index >= 15 is 0 Å². The molecule has 0 aliphatic carbocycles. The van der Waals surface area contributed by atoms with Crippen molar-refractivity contribution in [2.24, 2.45) is 0 Å². The number of carbonyl (C=O) groups excluding carboxylic acids is 3. The zero-order valence-corrected chi connectivity index (χ0v) is 16.7. The molecule has 150 valence electrons. The van der Waals surface area contributed by atoms with Crippen LogP contribution in [0.5, 0.6) is 0 Å². The second-order valence-corrected chi connectivity index (χ2v) is 7.00. The van der Waals surface area contributed by atoms with Gasteiger partial charge in [0.1, 0.15) is 11.3 Å². The third-order valence-corrected chi connectivity index (χ3v) is 5.26. The molecule has 0 saturated carbocycles. The lowest BCUT2D eigenvalue weighted by Crippen LogP contribution is -2.21. The Kier molecular flexibility index (Phi) is 6.46. The summed E-state index contributed by atoms with van der Waals surface area (Å²) in [5.74, 6) is -1.76. The van der Waals surface area contributed by atoms with Crippen molar-refractivity contribution >= 4 is 34.2 Å². The summed E-state index contributed by atoms with van der Waals surface area (Å²) in [7, 11) is 0. The zero-order chi connectivity index (χ0) is 20.8. The Balaban J connectivity index is 1.80. The van der Waals surface area contributed by atoms with E-state index in [1.807, 2.05) is 30.3 Å². The first kappa shape index (κ1) is 20.3. The molecule has 1 amide bonds. The second kappa shape index (κ2) is 9.20. The van der Waals surface area contributed by atoms with Crippen LogP contribution in [0.4, 0.5) is 5.00 Å². The Morgan fingerprint density at radius 3 is 2.48 bits per heavy atom. The number of amides is 1. The van der Waals surface area contributed by atoms with E-state index in [1.165, 1.54) is 29.9 Å². The number of esters is 2. The number of rotatable bonds is 7. The van der Waals surface area contributed by atoms with Crippen LogP contribution in [0.3, 0.4) is 0 Å². The van der Waals surface area contributed by atoms with Crippen molar-refractivity contribution in [1.82, 2.24) is 0 Å². The van der Waals surface area contributed by atoms with E-state index in [0.717, 1.165) is 10.4 Å². The molecule has 0 aliphatic rings. The molecule has 1 aromatic carbocycles. The van der Waals surface area contributed by atoms with E-state index in [2.05, 4.69) is 5.32 Å². The van der Waals surface area contributed by atoms with Gasteiger partial charge in [0.15, 0.2) is 6.61 Å². The minimum absolute atomic E-state index is 0.211. The fourth-order valence-corrected chi connectivity index (χ4v) is 3.89. The molecule has 0 atom stereocenters. The maximum atomic E-state index is 12.5. The Hall–Kier alpha value is -3.39. The molecule has 8 heteroatoms. The van der Waals surface area contributed by atoms with Crippen LogP contribution in [0, 0.1) is 6.92 Å². The van der Waals surface area contributed by atoms with Crippen LogP contribution in [-0.2, 0) is 14.3 Å². The van der Waals surface area contributed by atoms with Gasteiger partial charge in [0.25, 0.3) is 5.91 Å². The summed E-state index contributed by atoms with van der Waals surface area (Å²) in [4.78, 5) is 37.5. The number of carbonyl (C=O) groups is 3. The van der Waals surface area contributed by atoms with Crippen LogP contribution < -0.4 is 5.32 Å². The van der Waals surface area contributed by atoms with Crippen molar-refractivity contribution < 1.29 is 28.3 Å². The quantitative estimate of drug-likeness (QED) is 0.581. The van der Waals surface area contributed by atoms with Crippen LogP contribution in [0.2, 0.25) is 0 Å². The normalized spacial score (nSPS) is 10.4. The minimum atomic E-state index is -0.674. The van der Waals surface area contributed by atoms with Crippen molar-refractivity contribution in [3.8, 4) is 10.4 Å². The number of hydrogen-bond acceptors (Lipinski definition) is 7. The van der Waals surface area contributed by atoms with Crippen LogP contribution in [0.15, 0.2) is 53.3 Å². The van der Waals surface area contributed by atoms with Crippen molar-refractivity contribution in [2.75, 3.05) is 18.5 Å². The van der Waals surface area contributed by atoms with Crippen LogP contribution in [0.25, 0.3) is 10.4 Å². The summed E-state index contributed by atoms with van der Waals surface area (Å²) < 4.78 is 14.9. The Bertz CT molecular complexity index is 1010. The van der Waals surface area contributed by atoms with Crippen molar-refractivity contribution in [3.63, 3.8) is 0 Å². The Morgan fingerprint density at radius 1 is 1.07 bits per heavy atom. The number of thiophene rings is 1. The molecule has 0 aliphatic heterocycles. The lowest BCUT2D eigenvalue weighted by atomic mass is 10.1. The average Bonchev–Trinajstić information content (AvgIpc) is 3.35. The van der Waals surface area contributed by atoms with Crippen molar-refractivity contribution in [1.29, 1.82) is 0 Å². The van der Waals surface area contributed by atoms with Gasteiger partial charge in [-0.15, -0.1) is 11.3 Å². The monoisotopic (exact) mass is 413 g/mol. The molecule has 2 aromatic heterocycles. The highest BCUT2D eigenvalue weighted by atomic mass is 32.1. The van der Waals surface area contributed by atoms with Gasteiger partial charge in [0.2, 0.25) is 0 Å². The fourth-order valence-electron chi connectivity index (χ4n) is 2.67. The summed E-state index contributed by atoms with van der Waals surface area (Å²) in [6.45, 7) is 3.24. The highest BCUT2D eigenvalue weighted by molar-refractivity contribution is 7.20. The van der Waals surface area contributed by atoms with Gasteiger partial charge in [-0.25, -0.2) is 9.59 Å². The molecule has 7 nitrogen and oxygen atoms in total. The third-order valence-electron chi connectivity index (χ3n) is 4.01. The standard InChI is InChI=1S/C21H19NO6S/c1-3-27-21(25)17-13(2)18(14-7-5-4-6-8-14)29-19(17)22-16(23)12-28-20(24)15-9-10-26-11-15/h4-11H,3,12H2,1-2H3,(H,22,23). The molecule has 0 spiro atoms. The van der Waals surface area contributed by atoms with Crippen LogP contribution in [-0.4, -0.2) is 31.1 Å². The summed E-state index contributed by atoms with van der Waals surface area (Å²) >= 11 is 1.27. The number of hydrogen-bond donors (Lipinski definition) is 1. The third kappa shape index (κ3) is 4.72. The lowest BCUT2D eigenvalue weighted by molar-refractivity contribution is -0.119. The van der Waals surface area contributed by atoms with Crippen molar-refractivity contribution in [3.05, 3.63) is 65.6 Å². The number of nitrogens with one attached hydrogen (secondary N) is 1. The molecule has 3 rings (SSSR count). The number of ether oxygens (including phenoxy) is 2. The number of benzene rings is 1. The smallest absolute Gasteiger partial charge is 0.341 e. The van der Waals surface area contributed by atoms with Gasteiger partial charge in [-0.1, -0.05) is 30.3 Å². The SMILES string of the molecule is CCOC(=O)c1c(NC(=O)COC(=O)c2ccoc2)sc(-c2ccccc2)c1C. The maximum Gasteiger partial charge on any atom is 0.341 e. The molecule has 29 heavy (non-hydrogen) atoms. The molecule has 1 N–H and O–H groups in total. The second-order valence-electron chi connectivity index (χ2n) is 5.98. The fraction of sp³-hybridized carbons (Fsp3) is 0.190. The van der Waals surface area contributed by atoms with E-state index < -0.39 is 24.5 Å². The van der Waals surface area contributed by atoms with E-state index in [9.17, 15) is 14.4 Å². The van der Waals surface area contributed by atoms with Crippen molar-refractivity contribution in [2.45, 2.75) is 13.8 Å². The van der Waals surface area contributed by atoms with E-state index in [-0.39, 0.29) is 12.2 Å². The zero-order valence-electron chi connectivity index (χ0n) is 15.9. The number of furan rings is 1. The molecular formula is C21H19NO6S. The lowest BCUT2D eigenvalue weighted by Gasteiger charge is -2.07. The molecule has 2 heterocycles. The van der Waals surface area contributed by atoms with Gasteiger partial charge >= 0.3 is 11.9 Å². The molecule has 0 fully saturated rings. The maximum absolute atomic E-state index is 12.5.